The maximum Gasteiger partial charge on any atom is 0.193 e. The van der Waals surface area contributed by atoms with Crippen LogP contribution in [0.25, 0.3) is 0 Å². The Labute approximate surface area is 116 Å². The fourth-order valence-corrected chi connectivity index (χ4v) is 2.03. The molecule has 0 saturated heterocycles. The predicted molar refractivity (Wildman–Crippen MR) is 73.8 cm³/mol. The molecule has 0 fully saturated rings. The van der Waals surface area contributed by atoms with Gasteiger partial charge < -0.3 is 24.8 Å². The summed E-state index contributed by atoms with van der Waals surface area (Å²) in [5.74, 6) is -1.23. The average molecular weight is 278 g/mol. The van der Waals surface area contributed by atoms with Gasteiger partial charge in [0.25, 0.3) is 0 Å². The molecule has 0 saturated carbocycles. The molecular weight excluding hydrogens is 248 g/mol. The van der Waals surface area contributed by atoms with Crippen LogP contribution in [0.1, 0.15) is 48.0 Å². The van der Waals surface area contributed by atoms with Crippen molar-refractivity contribution >= 4 is 0 Å². The summed E-state index contributed by atoms with van der Waals surface area (Å²) in [6.07, 6.45) is -0.318. The molecule has 0 aliphatic carbocycles. The van der Waals surface area contributed by atoms with Crippen molar-refractivity contribution in [2.45, 2.75) is 65.5 Å². The first kappa shape index (κ1) is 18.8. The van der Waals surface area contributed by atoms with Gasteiger partial charge in [0, 0.05) is 6.42 Å². The van der Waals surface area contributed by atoms with Crippen LogP contribution in [0.3, 0.4) is 0 Å². The first-order chi connectivity index (χ1) is 8.47. The van der Waals surface area contributed by atoms with E-state index in [2.05, 4.69) is 0 Å². The number of hydrogen-bond acceptors (Lipinski definition) is 5. The van der Waals surface area contributed by atoms with E-state index in [1.54, 1.807) is 0 Å². The lowest BCUT2D eigenvalue weighted by Gasteiger charge is -2.42. The van der Waals surface area contributed by atoms with E-state index in [0.29, 0.717) is 6.42 Å². The molecular formula is C14H30O5. The lowest BCUT2D eigenvalue weighted by atomic mass is 9.87. The molecule has 5 nitrogen and oxygen atoms in total. The Kier molecular flexibility index (Phi) is 6.92. The molecule has 1 unspecified atom stereocenters. The minimum absolute atomic E-state index is 0.135. The normalized spacial score (nSPS) is 16.7. The van der Waals surface area contributed by atoms with Gasteiger partial charge >= 0.3 is 0 Å². The smallest absolute Gasteiger partial charge is 0.193 e. The molecule has 0 aromatic rings. The molecule has 0 amide bonds. The maximum absolute atomic E-state index is 9.73. The van der Waals surface area contributed by atoms with Crippen molar-refractivity contribution in [1.82, 2.24) is 0 Å². The second kappa shape index (κ2) is 6.99. The Hall–Kier alpha value is -0.200. The summed E-state index contributed by atoms with van der Waals surface area (Å²) in [4.78, 5) is 0. The number of hydrogen-bond donors (Lipinski definition) is 3. The monoisotopic (exact) mass is 278 g/mol. The van der Waals surface area contributed by atoms with Gasteiger partial charge in [-0.15, -0.1) is 0 Å². The first-order valence-electron chi connectivity index (χ1n) is 6.67. The van der Waals surface area contributed by atoms with Gasteiger partial charge in [-0.25, -0.2) is 0 Å². The molecule has 0 heterocycles. The lowest BCUT2D eigenvalue weighted by molar-refractivity contribution is -0.324. The van der Waals surface area contributed by atoms with Crippen molar-refractivity contribution in [3.8, 4) is 0 Å². The summed E-state index contributed by atoms with van der Waals surface area (Å²) in [5, 5.41) is 28.0. The van der Waals surface area contributed by atoms with Crippen molar-refractivity contribution in [2.75, 3.05) is 19.8 Å². The molecule has 0 aliphatic heterocycles. The van der Waals surface area contributed by atoms with E-state index in [4.69, 9.17) is 19.7 Å². The van der Waals surface area contributed by atoms with Gasteiger partial charge in [-0.2, -0.15) is 0 Å². The summed E-state index contributed by atoms with van der Waals surface area (Å²) in [7, 11) is 0. The van der Waals surface area contributed by atoms with Crippen molar-refractivity contribution in [2.24, 2.45) is 5.41 Å². The highest BCUT2D eigenvalue weighted by Crippen LogP contribution is 2.34. The third kappa shape index (κ3) is 7.84. The van der Waals surface area contributed by atoms with Gasteiger partial charge in [0.1, 0.15) is 6.10 Å². The van der Waals surface area contributed by atoms with Gasteiger partial charge in [-0.1, -0.05) is 20.8 Å². The van der Waals surface area contributed by atoms with E-state index in [1.807, 2.05) is 41.5 Å². The second-order valence-corrected chi connectivity index (χ2v) is 7.13. The summed E-state index contributed by atoms with van der Waals surface area (Å²) >= 11 is 0. The van der Waals surface area contributed by atoms with Crippen LogP contribution in [0, 0.1) is 5.41 Å². The van der Waals surface area contributed by atoms with Crippen LogP contribution in [-0.4, -0.2) is 52.6 Å². The van der Waals surface area contributed by atoms with Crippen molar-refractivity contribution < 1.29 is 24.8 Å². The Morgan fingerprint density at radius 3 is 1.63 bits per heavy atom. The SMILES string of the molecule is CC(C)(C)CC(CO)(OC(CO)CO)OC(C)(C)C. The Morgan fingerprint density at radius 2 is 1.37 bits per heavy atom. The number of aliphatic hydroxyl groups is 3. The van der Waals surface area contributed by atoms with Crippen molar-refractivity contribution in [1.29, 1.82) is 0 Å². The van der Waals surface area contributed by atoms with Gasteiger partial charge in [0.2, 0.25) is 0 Å². The van der Waals surface area contributed by atoms with Crippen LogP contribution >= 0.6 is 0 Å². The van der Waals surface area contributed by atoms with Gasteiger partial charge in [0.15, 0.2) is 5.79 Å². The molecule has 0 aromatic heterocycles. The molecule has 0 radical (unpaired) electrons. The Balaban J connectivity index is 5.16. The van der Waals surface area contributed by atoms with Crippen LogP contribution in [0.5, 0.6) is 0 Å². The lowest BCUT2D eigenvalue weighted by Crippen LogP contribution is -2.51. The molecule has 1 atom stereocenters. The molecule has 0 spiro atoms. The quantitative estimate of drug-likeness (QED) is 0.612. The summed E-state index contributed by atoms with van der Waals surface area (Å²) < 4.78 is 11.6. The minimum atomic E-state index is -1.23. The average Bonchev–Trinajstić information content (AvgIpc) is 2.21. The molecule has 0 aromatic carbocycles. The van der Waals surface area contributed by atoms with E-state index >= 15 is 0 Å². The molecule has 19 heavy (non-hydrogen) atoms. The van der Waals surface area contributed by atoms with E-state index in [0.717, 1.165) is 0 Å². The van der Waals surface area contributed by atoms with Crippen LogP contribution in [0.4, 0.5) is 0 Å². The molecule has 3 N–H and O–H groups in total. The molecule has 0 bridgehead atoms. The highest BCUT2D eigenvalue weighted by Gasteiger charge is 2.41. The summed E-state index contributed by atoms with van der Waals surface area (Å²) in [6, 6.07) is 0. The van der Waals surface area contributed by atoms with Crippen molar-refractivity contribution in [3.63, 3.8) is 0 Å². The van der Waals surface area contributed by atoms with E-state index in [-0.39, 0.29) is 25.2 Å². The zero-order valence-corrected chi connectivity index (χ0v) is 13.1. The molecule has 116 valence electrons. The van der Waals surface area contributed by atoms with E-state index in [9.17, 15) is 5.11 Å². The van der Waals surface area contributed by atoms with Crippen LogP contribution in [0.15, 0.2) is 0 Å². The molecule has 0 rings (SSSR count). The van der Waals surface area contributed by atoms with E-state index < -0.39 is 17.5 Å². The predicted octanol–water partition coefficient (Wildman–Crippen LogP) is 1.30. The highest BCUT2D eigenvalue weighted by molar-refractivity contribution is 4.81. The fraction of sp³-hybridized carbons (Fsp3) is 1.00. The van der Waals surface area contributed by atoms with E-state index in [1.165, 1.54) is 0 Å². The molecule has 0 aliphatic rings. The zero-order valence-electron chi connectivity index (χ0n) is 13.1. The van der Waals surface area contributed by atoms with Gasteiger partial charge in [0.05, 0.1) is 25.4 Å². The van der Waals surface area contributed by atoms with Crippen LogP contribution in [-0.2, 0) is 9.47 Å². The third-order valence-electron chi connectivity index (χ3n) is 2.32. The Morgan fingerprint density at radius 1 is 0.895 bits per heavy atom. The van der Waals surface area contributed by atoms with Crippen molar-refractivity contribution in [3.05, 3.63) is 0 Å². The minimum Gasteiger partial charge on any atom is -0.394 e. The number of rotatable bonds is 7. The van der Waals surface area contributed by atoms with Crippen LogP contribution < -0.4 is 0 Å². The maximum atomic E-state index is 9.73. The first-order valence-corrected chi connectivity index (χ1v) is 6.67. The number of ether oxygens (including phenoxy) is 2. The zero-order chi connectivity index (χ0) is 15.3. The summed E-state index contributed by atoms with van der Waals surface area (Å²) in [5.41, 5.74) is -0.646. The number of aliphatic hydroxyl groups excluding tert-OH is 3. The fourth-order valence-electron chi connectivity index (χ4n) is 2.03. The van der Waals surface area contributed by atoms with Gasteiger partial charge in [-0.05, 0) is 26.2 Å². The highest BCUT2D eigenvalue weighted by atomic mass is 16.7. The standard InChI is InChI=1S/C14H30O5/c1-12(2,3)9-14(10-17,19-13(4,5)6)18-11(7-15)8-16/h11,15-17H,7-10H2,1-6H3. The second-order valence-electron chi connectivity index (χ2n) is 7.13. The molecule has 5 heteroatoms. The topological polar surface area (TPSA) is 79.2 Å². The van der Waals surface area contributed by atoms with Crippen LogP contribution in [0.2, 0.25) is 0 Å². The van der Waals surface area contributed by atoms with Gasteiger partial charge in [-0.3, -0.25) is 0 Å². The third-order valence-corrected chi connectivity index (χ3v) is 2.32. The largest absolute Gasteiger partial charge is 0.394 e. The Bertz CT molecular complexity index is 232. The summed E-state index contributed by atoms with van der Waals surface area (Å²) in [6.45, 7) is 10.7.